The molecule has 0 aliphatic carbocycles. The minimum absolute atomic E-state index is 0.125. The van der Waals surface area contributed by atoms with Crippen molar-refractivity contribution in [3.63, 3.8) is 0 Å². The SMILES string of the molecule is Cn1cc(C(=O)N2CCNCC2)c(-c2cccc3ccccc23)c1. The zero-order chi connectivity index (χ0) is 16.5. The maximum atomic E-state index is 13.0. The molecule has 1 aromatic heterocycles. The number of aryl methyl sites for hydroxylation is 1. The lowest BCUT2D eigenvalue weighted by molar-refractivity contribution is 0.0736. The maximum absolute atomic E-state index is 13.0. The van der Waals surface area contributed by atoms with Crippen molar-refractivity contribution in [2.24, 2.45) is 7.05 Å². The average molecular weight is 319 g/mol. The molecule has 4 rings (SSSR count). The molecule has 1 aliphatic heterocycles. The number of amides is 1. The van der Waals surface area contributed by atoms with E-state index in [9.17, 15) is 4.79 Å². The van der Waals surface area contributed by atoms with Gasteiger partial charge in [-0.25, -0.2) is 0 Å². The number of piperazine rings is 1. The van der Waals surface area contributed by atoms with E-state index in [-0.39, 0.29) is 5.91 Å². The predicted octanol–water partition coefficient (Wildman–Crippen LogP) is 2.89. The number of carbonyl (C=O) groups excluding carboxylic acids is 1. The second-order valence-corrected chi connectivity index (χ2v) is 6.32. The molecule has 3 aromatic rings. The number of nitrogens with one attached hydrogen (secondary N) is 1. The first-order valence-corrected chi connectivity index (χ1v) is 8.38. The summed E-state index contributed by atoms with van der Waals surface area (Å²) < 4.78 is 1.98. The Balaban J connectivity index is 1.82. The van der Waals surface area contributed by atoms with Gasteiger partial charge in [0.1, 0.15) is 0 Å². The second-order valence-electron chi connectivity index (χ2n) is 6.32. The molecule has 4 nitrogen and oxygen atoms in total. The minimum atomic E-state index is 0.125. The van der Waals surface area contributed by atoms with Crippen LogP contribution in [-0.2, 0) is 7.05 Å². The summed E-state index contributed by atoms with van der Waals surface area (Å²) in [5.74, 6) is 0.125. The molecule has 4 heteroatoms. The molecule has 1 amide bonds. The fourth-order valence-electron chi connectivity index (χ4n) is 3.47. The summed E-state index contributed by atoms with van der Waals surface area (Å²) in [5, 5.41) is 5.67. The van der Waals surface area contributed by atoms with E-state index in [2.05, 4.69) is 41.8 Å². The normalized spacial score (nSPS) is 15.0. The molecular formula is C20H21N3O. The molecule has 0 radical (unpaired) electrons. The largest absolute Gasteiger partial charge is 0.356 e. The van der Waals surface area contributed by atoms with E-state index >= 15 is 0 Å². The molecule has 1 aliphatic rings. The van der Waals surface area contributed by atoms with E-state index in [0.717, 1.165) is 42.9 Å². The monoisotopic (exact) mass is 319 g/mol. The van der Waals surface area contributed by atoms with Crippen LogP contribution in [0.2, 0.25) is 0 Å². The number of fused-ring (bicyclic) bond motifs is 1. The lowest BCUT2D eigenvalue weighted by Gasteiger charge is -2.27. The van der Waals surface area contributed by atoms with Crippen LogP contribution >= 0.6 is 0 Å². The highest BCUT2D eigenvalue weighted by atomic mass is 16.2. The summed E-state index contributed by atoms with van der Waals surface area (Å²) in [4.78, 5) is 15.0. The minimum Gasteiger partial charge on any atom is -0.356 e. The third-order valence-electron chi connectivity index (χ3n) is 4.67. The molecule has 0 spiro atoms. The predicted molar refractivity (Wildman–Crippen MR) is 97.1 cm³/mol. The van der Waals surface area contributed by atoms with Crippen LogP contribution in [-0.4, -0.2) is 41.6 Å². The molecule has 24 heavy (non-hydrogen) atoms. The van der Waals surface area contributed by atoms with Crippen LogP contribution in [0.3, 0.4) is 0 Å². The lowest BCUT2D eigenvalue weighted by atomic mass is 9.97. The van der Waals surface area contributed by atoms with Crippen molar-refractivity contribution < 1.29 is 4.79 Å². The van der Waals surface area contributed by atoms with Crippen LogP contribution in [0.15, 0.2) is 54.9 Å². The van der Waals surface area contributed by atoms with Gasteiger partial charge in [-0.1, -0.05) is 42.5 Å². The highest BCUT2D eigenvalue weighted by molar-refractivity contribution is 6.06. The molecule has 1 N–H and O–H groups in total. The number of nitrogens with zero attached hydrogens (tertiary/aromatic N) is 2. The van der Waals surface area contributed by atoms with Crippen molar-refractivity contribution in [1.82, 2.24) is 14.8 Å². The van der Waals surface area contributed by atoms with Gasteiger partial charge < -0.3 is 14.8 Å². The Kier molecular flexibility index (Phi) is 3.82. The van der Waals surface area contributed by atoms with E-state index in [1.165, 1.54) is 10.8 Å². The van der Waals surface area contributed by atoms with E-state index in [1.54, 1.807) is 0 Å². The van der Waals surface area contributed by atoms with Crippen LogP contribution in [0.25, 0.3) is 21.9 Å². The molecule has 0 atom stereocenters. The number of hydrogen-bond acceptors (Lipinski definition) is 2. The Morgan fingerprint density at radius 2 is 1.71 bits per heavy atom. The van der Waals surface area contributed by atoms with E-state index < -0.39 is 0 Å². The van der Waals surface area contributed by atoms with Crippen molar-refractivity contribution in [1.29, 1.82) is 0 Å². The van der Waals surface area contributed by atoms with Crippen LogP contribution in [0.5, 0.6) is 0 Å². The first-order valence-electron chi connectivity index (χ1n) is 8.38. The first-order chi connectivity index (χ1) is 11.7. The molecule has 0 saturated carbocycles. The number of aromatic nitrogens is 1. The summed E-state index contributed by atoms with van der Waals surface area (Å²) in [6.07, 6.45) is 4.00. The van der Waals surface area contributed by atoms with Crippen LogP contribution in [0.4, 0.5) is 0 Å². The Bertz CT molecular complexity index is 886. The molecule has 2 heterocycles. The fourth-order valence-corrected chi connectivity index (χ4v) is 3.47. The number of rotatable bonds is 2. The van der Waals surface area contributed by atoms with Gasteiger partial charge in [0.2, 0.25) is 0 Å². The average Bonchev–Trinajstić information content (AvgIpc) is 3.03. The van der Waals surface area contributed by atoms with Crippen LogP contribution in [0.1, 0.15) is 10.4 Å². The second kappa shape index (κ2) is 6.13. The van der Waals surface area contributed by atoms with Crippen LogP contribution in [0, 0.1) is 0 Å². The van der Waals surface area contributed by atoms with Crippen molar-refractivity contribution in [2.75, 3.05) is 26.2 Å². The maximum Gasteiger partial charge on any atom is 0.256 e. The first kappa shape index (κ1) is 15.0. The zero-order valence-corrected chi connectivity index (χ0v) is 13.8. The fraction of sp³-hybridized carbons (Fsp3) is 0.250. The molecule has 1 saturated heterocycles. The molecular weight excluding hydrogens is 298 g/mol. The van der Waals surface area contributed by atoms with E-state index in [1.807, 2.05) is 34.8 Å². The van der Waals surface area contributed by atoms with Gasteiger partial charge in [-0.3, -0.25) is 4.79 Å². The Labute approximate surface area is 141 Å². The summed E-state index contributed by atoms with van der Waals surface area (Å²) in [5.41, 5.74) is 2.92. The highest BCUT2D eigenvalue weighted by Crippen LogP contribution is 2.32. The highest BCUT2D eigenvalue weighted by Gasteiger charge is 2.23. The summed E-state index contributed by atoms with van der Waals surface area (Å²) in [6.45, 7) is 3.26. The summed E-state index contributed by atoms with van der Waals surface area (Å²) in [6, 6.07) is 14.6. The Morgan fingerprint density at radius 3 is 2.54 bits per heavy atom. The van der Waals surface area contributed by atoms with Gasteiger partial charge in [0.05, 0.1) is 5.56 Å². The Morgan fingerprint density at radius 1 is 0.958 bits per heavy atom. The number of hydrogen-bond donors (Lipinski definition) is 1. The quantitative estimate of drug-likeness (QED) is 0.788. The van der Waals surface area contributed by atoms with Gasteiger partial charge in [-0.2, -0.15) is 0 Å². The lowest BCUT2D eigenvalue weighted by Crippen LogP contribution is -2.46. The van der Waals surface area contributed by atoms with Gasteiger partial charge in [0, 0.05) is 51.2 Å². The molecule has 2 aromatic carbocycles. The molecule has 1 fully saturated rings. The third kappa shape index (κ3) is 2.59. The Hall–Kier alpha value is -2.59. The van der Waals surface area contributed by atoms with Crippen molar-refractivity contribution in [3.05, 3.63) is 60.4 Å². The van der Waals surface area contributed by atoms with Gasteiger partial charge in [0.15, 0.2) is 0 Å². The van der Waals surface area contributed by atoms with E-state index in [0.29, 0.717) is 0 Å². The summed E-state index contributed by atoms with van der Waals surface area (Å²) >= 11 is 0. The number of carbonyl (C=O) groups is 1. The number of benzene rings is 2. The van der Waals surface area contributed by atoms with Crippen LogP contribution < -0.4 is 5.32 Å². The van der Waals surface area contributed by atoms with Gasteiger partial charge in [-0.15, -0.1) is 0 Å². The van der Waals surface area contributed by atoms with Crippen molar-refractivity contribution >= 4 is 16.7 Å². The zero-order valence-electron chi connectivity index (χ0n) is 13.8. The van der Waals surface area contributed by atoms with Gasteiger partial charge in [0.25, 0.3) is 5.91 Å². The smallest absolute Gasteiger partial charge is 0.256 e. The van der Waals surface area contributed by atoms with E-state index in [4.69, 9.17) is 0 Å². The third-order valence-corrected chi connectivity index (χ3v) is 4.67. The van der Waals surface area contributed by atoms with Gasteiger partial charge in [-0.05, 0) is 16.3 Å². The molecule has 0 unspecified atom stereocenters. The standard InChI is InChI=1S/C20H21N3O/c1-22-13-18(17-8-4-6-15-5-2-3-7-16(15)17)19(14-22)20(24)23-11-9-21-10-12-23/h2-8,13-14,21H,9-12H2,1H3. The van der Waals surface area contributed by atoms with Gasteiger partial charge >= 0.3 is 0 Å². The topological polar surface area (TPSA) is 37.3 Å². The van der Waals surface area contributed by atoms with Crippen molar-refractivity contribution in [2.45, 2.75) is 0 Å². The van der Waals surface area contributed by atoms with Crippen molar-refractivity contribution in [3.8, 4) is 11.1 Å². The summed E-state index contributed by atoms with van der Waals surface area (Å²) in [7, 11) is 1.98. The molecule has 0 bridgehead atoms. The molecule has 122 valence electrons.